The van der Waals surface area contributed by atoms with E-state index in [2.05, 4.69) is 29.3 Å². The first-order valence-corrected chi connectivity index (χ1v) is 4.13. The summed E-state index contributed by atoms with van der Waals surface area (Å²) in [4.78, 5) is 0. The molecular formula is C10H11N3. The van der Waals surface area contributed by atoms with Crippen LogP contribution in [0.15, 0.2) is 30.5 Å². The molecule has 2 aromatic rings. The van der Waals surface area contributed by atoms with Gasteiger partial charge in [-0.3, -0.25) is 5.10 Å². The van der Waals surface area contributed by atoms with Crippen molar-refractivity contribution in [1.82, 2.24) is 10.2 Å². The predicted molar refractivity (Wildman–Crippen MR) is 53.2 cm³/mol. The van der Waals surface area contributed by atoms with Crippen LogP contribution in [-0.2, 0) is 0 Å². The van der Waals surface area contributed by atoms with E-state index >= 15 is 0 Å². The van der Waals surface area contributed by atoms with Crippen LogP contribution in [0.1, 0.15) is 5.56 Å². The Morgan fingerprint density at radius 3 is 2.46 bits per heavy atom. The second kappa shape index (κ2) is 2.94. The Kier molecular flexibility index (Phi) is 1.77. The number of nitrogens with two attached hydrogens (primary N) is 1. The fourth-order valence-corrected chi connectivity index (χ4v) is 1.25. The molecule has 3 N–H and O–H groups in total. The maximum absolute atomic E-state index is 5.72. The van der Waals surface area contributed by atoms with Gasteiger partial charge < -0.3 is 5.73 Å². The number of nitrogens with one attached hydrogen (secondary N) is 1. The van der Waals surface area contributed by atoms with Crippen molar-refractivity contribution in [2.75, 3.05) is 5.73 Å². The van der Waals surface area contributed by atoms with Crippen molar-refractivity contribution in [2.24, 2.45) is 0 Å². The largest absolute Gasteiger partial charge is 0.396 e. The number of nitrogen functional groups attached to an aromatic ring is 1. The SMILES string of the molecule is Cc1ccc(-c2[nH]ncc2N)cc1. The molecule has 0 aliphatic rings. The third kappa shape index (κ3) is 1.40. The lowest BCUT2D eigenvalue weighted by Crippen LogP contribution is -1.86. The van der Waals surface area contributed by atoms with Gasteiger partial charge in [0.25, 0.3) is 0 Å². The average molecular weight is 173 g/mol. The van der Waals surface area contributed by atoms with Crippen LogP contribution in [0.5, 0.6) is 0 Å². The minimum absolute atomic E-state index is 0.684. The Morgan fingerprint density at radius 2 is 1.92 bits per heavy atom. The number of nitrogens with zero attached hydrogens (tertiary/aromatic N) is 1. The molecule has 3 nitrogen and oxygen atoms in total. The second-order valence-electron chi connectivity index (χ2n) is 3.07. The van der Waals surface area contributed by atoms with E-state index in [0.29, 0.717) is 5.69 Å². The number of aryl methyl sites for hydroxylation is 1. The molecule has 0 unspecified atom stereocenters. The van der Waals surface area contributed by atoms with Gasteiger partial charge in [0.1, 0.15) is 0 Å². The molecule has 1 aromatic heterocycles. The third-order valence-corrected chi connectivity index (χ3v) is 2.01. The number of rotatable bonds is 1. The van der Waals surface area contributed by atoms with Gasteiger partial charge in [0.2, 0.25) is 0 Å². The third-order valence-electron chi connectivity index (χ3n) is 2.01. The van der Waals surface area contributed by atoms with Crippen LogP contribution in [0.2, 0.25) is 0 Å². The van der Waals surface area contributed by atoms with Crippen LogP contribution < -0.4 is 5.73 Å². The van der Waals surface area contributed by atoms with Crippen molar-refractivity contribution in [2.45, 2.75) is 6.92 Å². The minimum Gasteiger partial charge on any atom is -0.396 e. The summed E-state index contributed by atoms with van der Waals surface area (Å²) in [5.74, 6) is 0. The number of H-pyrrole nitrogens is 1. The van der Waals surface area contributed by atoms with E-state index < -0.39 is 0 Å². The molecule has 0 spiro atoms. The van der Waals surface area contributed by atoms with Crippen molar-refractivity contribution >= 4 is 5.69 Å². The zero-order chi connectivity index (χ0) is 9.26. The molecule has 0 fully saturated rings. The summed E-state index contributed by atoms with van der Waals surface area (Å²) in [5, 5.41) is 6.74. The fraction of sp³-hybridized carbons (Fsp3) is 0.100. The van der Waals surface area contributed by atoms with Crippen molar-refractivity contribution in [3.63, 3.8) is 0 Å². The Hall–Kier alpha value is -1.77. The van der Waals surface area contributed by atoms with Gasteiger partial charge in [0, 0.05) is 5.56 Å². The van der Waals surface area contributed by atoms with Gasteiger partial charge in [-0.15, -0.1) is 0 Å². The molecule has 0 saturated heterocycles. The van der Waals surface area contributed by atoms with Gasteiger partial charge in [-0.1, -0.05) is 29.8 Å². The van der Waals surface area contributed by atoms with Gasteiger partial charge in [-0.25, -0.2) is 0 Å². The quantitative estimate of drug-likeness (QED) is 0.692. The Balaban J connectivity index is 2.47. The maximum atomic E-state index is 5.72. The summed E-state index contributed by atoms with van der Waals surface area (Å²) in [6.45, 7) is 2.06. The van der Waals surface area contributed by atoms with Crippen molar-refractivity contribution in [3.8, 4) is 11.3 Å². The minimum atomic E-state index is 0.684. The highest BCUT2D eigenvalue weighted by molar-refractivity contribution is 5.71. The molecule has 1 aromatic carbocycles. The molecule has 0 bridgehead atoms. The number of hydrogen-bond donors (Lipinski definition) is 2. The molecule has 0 atom stereocenters. The molecule has 2 rings (SSSR count). The molecule has 0 amide bonds. The number of aromatic nitrogens is 2. The Bertz CT molecular complexity index is 400. The molecule has 0 radical (unpaired) electrons. The topological polar surface area (TPSA) is 54.7 Å². The lowest BCUT2D eigenvalue weighted by Gasteiger charge is -1.99. The Labute approximate surface area is 76.6 Å². The standard InChI is InChI=1S/C10H11N3/c1-7-2-4-8(5-3-7)10-9(11)6-12-13-10/h2-6H,11H2,1H3,(H,12,13). The summed E-state index contributed by atoms with van der Waals surface area (Å²) in [5.41, 5.74) is 9.60. The van der Waals surface area contributed by atoms with Crippen LogP contribution in [0.25, 0.3) is 11.3 Å². The first-order valence-electron chi connectivity index (χ1n) is 4.13. The molecule has 0 saturated carbocycles. The van der Waals surface area contributed by atoms with Crippen LogP contribution in [0.4, 0.5) is 5.69 Å². The summed E-state index contributed by atoms with van der Waals surface area (Å²) in [6, 6.07) is 8.16. The summed E-state index contributed by atoms with van der Waals surface area (Å²) >= 11 is 0. The van der Waals surface area contributed by atoms with Crippen LogP contribution in [0, 0.1) is 6.92 Å². The molecule has 66 valence electrons. The number of aromatic amines is 1. The second-order valence-corrected chi connectivity index (χ2v) is 3.07. The van der Waals surface area contributed by atoms with Crippen LogP contribution in [-0.4, -0.2) is 10.2 Å². The summed E-state index contributed by atoms with van der Waals surface area (Å²) in [7, 11) is 0. The highest BCUT2D eigenvalue weighted by Gasteiger charge is 2.02. The number of anilines is 1. The van der Waals surface area contributed by atoms with Crippen molar-refractivity contribution in [3.05, 3.63) is 36.0 Å². The van der Waals surface area contributed by atoms with Gasteiger partial charge in [-0.2, -0.15) is 5.10 Å². The highest BCUT2D eigenvalue weighted by Crippen LogP contribution is 2.22. The molecule has 3 heteroatoms. The first-order chi connectivity index (χ1) is 6.27. The number of benzene rings is 1. The van der Waals surface area contributed by atoms with Gasteiger partial charge in [0.05, 0.1) is 17.6 Å². The van der Waals surface area contributed by atoms with E-state index in [1.165, 1.54) is 5.56 Å². The zero-order valence-electron chi connectivity index (χ0n) is 7.41. The monoisotopic (exact) mass is 173 g/mol. The lowest BCUT2D eigenvalue weighted by molar-refractivity contribution is 1.09. The van der Waals surface area contributed by atoms with Crippen LogP contribution in [0.3, 0.4) is 0 Å². The van der Waals surface area contributed by atoms with E-state index in [9.17, 15) is 0 Å². The normalized spacial score (nSPS) is 10.2. The highest BCUT2D eigenvalue weighted by atomic mass is 15.1. The summed E-state index contributed by atoms with van der Waals surface area (Å²) < 4.78 is 0. The van der Waals surface area contributed by atoms with Crippen molar-refractivity contribution < 1.29 is 0 Å². The predicted octanol–water partition coefficient (Wildman–Crippen LogP) is 1.97. The molecule has 0 aliphatic carbocycles. The molecular weight excluding hydrogens is 162 g/mol. The Morgan fingerprint density at radius 1 is 1.23 bits per heavy atom. The summed E-state index contributed by atoms with van der Waals surface area (Å²) in [6.07, 6.45) is 1.62. The smallest absolute Gasteiger partial charge is 0.0879 e. The molecule has 13 heavy (non-hydrogen) atoms. The van der Waals surface area contributed by atoms with E-state index in [1.54, 1.807) is 6.20 Å². The lowest BCUT2D eigenvalue weighted by atomic mass is 10.1. The van der Waals surface area contributed by atoms with Crippen molar-refractivity contribution in [1.29, 1.82) is 0 Å². The van der Waals surface area contributed by atoms with E-state index in [0.717, 1.165) is 11.3 Å². The van der Waals surface area contributed by atoms with Gasteiger partial charge >= 0.3 is 0 Å². The zero-order valence-corrected chi connectivity index (χ0v) is 7.41. The van der Waals surface area contributed by atoms with E-state index in [-0.39, 0.29) is 0 Å². The van der Waals surface area contributed by atoms with E-state index in [4.69, 9.17) is 5.73 Å². The first kappa shape index (κ1) is 7.86. The molecule has 1 heterocycles. The molecule has 0 aliphatic heterocycles. The average Bonchev–Trinajstić information content (AvgIpc) is 2.53. The fourth-order valence-electron chi connectivity index (χ4n) is 1.25. The van der Waals surface area contributed by atoms with E-state index in [1.807, 2.05) is 12.1 Å². The number of hydrogen-bond acceptors (Lipinski definition) is 2. The van der Waals surface area contributed by atoms with Crippen LogP contribution >= 0.6 is 0 Å². The van der Waals surface area contributed by atoms with Gasteiger partial charge in [-0.05, 0) is 6.92 Å². The van der Waals surface area contributed by atoms with Gasteiger partial charge in [0.15, 0.2) is 0 Å². The maximum Gasteiger partial charge on any atom is 0.0879 e.